The lowest BCUT2D eigenvalue weighted by Gasteiger charge is -2.04. The predicted octanol–water partition coefficient (Wildman–Crippen LogP) is 4.31. The number of halogens is 2. The average Bonchev–Trinajstić information content (AvgIpc) is 3.30. The summed E-state index contributed by atoms with van der Waals surface area (Å²) in [6, 6.07) is 15.7. The molecular weight excluding hydrogens is 451 g/mol. The van der Waals surface area contributed by atoms with Gasteiger partial charge in [0.2, 0.25) is 0 Å². The van der Waals surface area contributed by atoms with E-state index in [1.807, 2.05) is 12.1 Å². The van der Waals surface area contributed by atoms with Crippen molar-refractivity contribution in [2.45, 2.75) is 6.61 Å². The smallest absolute Gasteiger partial charge is 0.271 e. The van der Waals surface area contributed by atoms with Gasteiger partial charge in [-0.15, -0.1) is 5.10 Å². The number of nitrogens with zero attached hydrogens (tertiary/aromatic N) is 5. The zero-order valence-corrected chi connectivity index (χ0v) is 18.0. The van der Waals surface area contributed by atoms with E-state index in [0.717, 1.165) is 11.3 Å². The van der Waals surface area contributed by atoms with Crippen LogP contribution in [-0.4, -0.2) is 32.1 Å². The Labute approximate surface area is 193 Å². The summed E-state index contributed by atoms with van der Waals surface area (Å²) in [5.41, 5.74) is 5.16. The fourth-order valence-corrected chi connectivity index (χ4v) is 2.95. The quantitative estimate of drug-likeness (QED) is 0.323. The Morgan fingerprint density at radius 3 is 2.59 bits per heavy atom. The minimum Gasteiger partial charge on any atom is -0.487 e. The largest absolute Gasteiger partial charge is 0.487 e. The third-order valence-electron chi connectivity index (χ3n) is 4.30. The highest BCUT2D eigenvalue weighted by Gasteiger charge is 2.06. The van der Waals surface area contributed by atoms with Gasteiger partial charge in [0.15, 0.2) is 0 Å². The average molecular weight is 467 g/mol. The predicted molar refractivity (Wildman–Crippen MR) is 121 cm³/mol. The second-order valence-electron chi connectivity index (χ2n) is 6.55. The number of nitrogens with one attached hydrogen (secondary N) is 1. The van der Waals surface area contributed by atoms with E-state index in [2.05, 4.69) is 25.8 Å². The molecule has 1 N–H and O–H groups in total. The summed E-state index contributed by atoms with van der Waals surface area (Å²) in [5.74, 6) is 0.351. The van der Waals surface area contributed by atoms with E-state index >= 15 is 0 Å². The SMILES string of the molecule is O=C(N/N=C/c1ccc(OCc2cn(-c3ccc(Cl)c(Cl)c3)nn2)cc1)c1ccncc1. The maximum Gasteiger partial charge on any atom is 0.271 e. The van der Waals surface area contributed by atoms with Crippen molar-refractivity contribution in [3.63, 3.8) is 0 Å². The number of benzene rings is 2. The topological polar surface area (TPSA) is 94.3 Å². The maximum atomic E-state index is 11.9. The molecule has 0 atom stereocenters. The van der Waals surface area contributed by atoms with Gasteiger partial charge in [0.05, 0.1) is 28.1 Å². The first-order valence-corrected chi connectivity index (χ1v) is 10.2. The van der Waals surface area contributed by atoms with Gasteiger partial charge in [-0.2, -0.15) is 5.10 Å². The Hall–Kier alpha value is -3.75. The van der Waals surface area contributed by atoms with Crippen molar-refractivity contribution in [3.8, 4) is 11.4 Å². The summed E-state index contributed by atoms with van der Waals surface area (Å²) < 4.78 is 7.35. The Kier molecular flexibility index (Phi) is 6.74. The molecule has 1 amide bonds. The fourth-order valence-electron chi connectivity index (χ4n) is 2.66. The maximum absolute atomic E-state index is 11.9. The molecule has 0 aliphatic rings. The van der Waals surface area contributed by atoms with Gasteiger partial charge in [-0.25, -0.2) is 10.1 Å². The van der Waals surface area contributed by atoms with Crippen LogP contribution in [0.3, 0.4) is 0 Å². The highest BCUT2D eigenvalue weighted by atomic mass is 35.5. The van der Waals surface area contributed by atoms with Crippen molar-refractivity contribution in [3.05, 3.63) is 100 Å². The van der Waals surface area contributed by atoms with E-state index in [-0.39, 0.29) is 12.5 Å². The molecule has 2 aromatic heterocycles. The highest BCUT2D eigenvalue weighted by Crippen LogP contribution is 2.24. The summed E-state index contributed by atoms with van der Waals surface area (Å²) in [4.78, 5) is 15.8. The van der Waals surface area contributed by atoms with Crippen molar-refractivity contribution in [2.75, 3.05) is 0 Å². The van der Waals surface area contributed by atoms with E-state index < -0.39 is 0 Å². The van der Waals surface area contributed by atoms with E-state index in [1.54, 1.807) is 72.0 Å². The number of aromatic nitrogens is 4. The van der Waals surface area contributed by atoms with Gasteiger partial charge in [-0.05, 0) is 60.2 Å². The van der Waals surface area contributed by atoms with Crippen molar-refractivity contribution in [1.29, 1.82) is 0 Å². The molecule has 0 radical (unpaired) electrons. The Bertz CT molecular complexity index is 1240. The minimum atomic E-state index is -0.308. The summed E-state index contributed by atoms with van der Waals surface area (Å²) in [5, 5.41) is 13.1. The van der Waals surface area contributed by atoms with Crippen LogP contribution >= 0.6 is 23.2 Å². The van der Waals surface area contributed by atoms with E-state index in [9.17, 15) is 4.79 Å². The normalized spacial score (nSPS) is 10.9. The zero-order valence-electron chi connectivity index (χ0n) is 16.5. The molecule has 0 saturated heterocycles. The number of ether oxygens (including phenoxy) is 1. The Balaban J connectivity index is 1.30. The third-order valence-corrected chi connectivity index (χ3v) is 5.04. The first kappa shape index (κ1) is 21.5. The number of hydrogen-bond donors (Lipinski definition) is 1. The molecule has 2 heterocycles. The lowest BCUT2D eigenvalue weighted by Crippen LogP contribution is -2.17. The van der Waals surface area contributed by atoms with Gasteiger partial charge in [-0.1, -0.05) is 28.4 Å². The van der Waals surface area contributed by atoms with Crippen LogP contribution in [-0.2, 0) is 6.61 Å². The van der Waals surface area contributed by atoms with Gasteiger partial charge in [0, 0.05) is 18.0 Å². The minimum absolute atomic E-state index is 0.247. The molecule has 4 aromatic rings. The summed E-state index contributed by atoms with van der Waals surface area (Å²) in [6.07, 6.45) is 6.40. The first-order valence-electron chi connectivity index (χ1n) is 9.41. The number of hydrazone groups is 1. The third kappa shape index (κ3) is 5.48. The van der Waals surface area contributed by atoms with Crippen LogP contribution in [0.1, 0.15) is 21.6 Å². The second kappa shape index (κ2) is 10.0. The molecule has 0 aliphatic carbocycles. The highest BCUT2D eigenvalue weighted by molar-refractivity contribution is 6.42. The molecule has 4 rings (SSSR count). The molecule has 160 valence electrons. The lowest BCUT2D eigenvalue weighted by atomic mass is 10.2. The van der Waals surface area contributed by atoms with Crippen molar-refractivity contribution in [2.24, 2.45) is 5.10 Å². The van der Waals surface area contributed by atoms with Gasteiger partial charge in [-0.3, -0.25) is 9.78 Å². The number of amides is 1. The van der Waals surface area contributed by atoms with E-state index in [0.29, 0.717) is 27.1 Å². The molecule has 0 saturated carbocycles. The molecule has 0 fully saturated rings. The van der Waals surface area contributed by atoms with E-state index in [4.69, 9.17) is 27.9 Å². The zero-order chi connectivity index (χ0) is 22.3. The molecular formula is C22H16Cl2N6O2. The van der Waals surface area contributed by atoms with Gasteiger partial charge in [0.25, 0.3) is 5.91 Å². The van der Waals surface area contributed by atoms with Crippen LogP contribution in [0, 0.1) is 0 Å². The number of carbonyl (C=O) groups excluding carboxylic acids is 1. The molecule has 0 aliphatic heterocycles. The summed E-state index contributed by atoms with van der Waals surface area (Å²) in [7, 11) is 0. The Morgan fingerprint density at radius 2 is 1.84 bits per heavy atom. The summed E-state index contributed by atoms with van der Waals surface area (Å²) >= 11 is 12.0. The van der Waals surface area contributed by atoms with Crippen LogP contribution in [0.15, 0.2) is 78.3 Å². The fraction of sp³-hybridized carbons (Fsp3) is 0.0455. The van der Waals surface area contributed by atoms with Gasteiger partial charge < -0.3 is 4.74 Å². The molecule has 8 nitrogen and oxygen atoms in total. The van der Waals surface area contributed by atoms with E-state index in [1.165, 1.54) is 0 Å². The van der Waals surface area contributed by atoms with Crippen molar-refractivity contribution >= 4 is 35.3 Å². The van der Waals surface area contributed by atoms with Crippen molar-refractivity contribution < 1.29 is 9.53 Å². The van der Waals surface area contributed by atoms with Crippen LogP contribution in [0.5, 0.6) is 5.75 Å². The number of carbonyl (C=O) groups is 1. The monoisotopic (exact) mass is 466 g/mol. The van der Waals surface area contributed by atoms with Gasteiger partial charge >= 0.3 is 0 Å². The standard InChI is InChI=1S/C22H16Cl2N6O2/c23-20-6-3-18(11-21(20)24)30-13-17(27-29-30)14-32-19-4-1-15(2-5-19)12-26-28-22(31)16-7-9-25-10-8-16/h1-13H,14H2,(H,28,31)/b26-12+. The molecule has 0 spiro atoms. The molecule has 0 bridgehead atoms. The summed E-state index contributed by atoms with van der Waals surface area (Å²) in [6.45, 7) is 0.247. The molecule has 0 unspecified atom stereocenters. The molecule has 10 heteroatoms. The number of hydrogen-bond acceptors (Lipinski definition) is 6. The van der Waals surface area contributed by atoms with Crippen LogP contribution in [0.2, 0.25) is 10.0 Å². The first-order chi connectivity index (χ1) is 15.6. The Morgan fingerprint density at radius 1 is 1.06 bits per heavy atom. The van der Waals surface area contributed by atoms with Crippen LogP contribution < -0.4 is 10.2 Å². The molecule has 32 heavy (non-hydrogen) atoms. The lowest BCUT2D eigenvalue weighted by molar-refractivity contribution is 0.0955. The van der Waals surface area contributed by atoms with Crippen molar-refractivity contribution in [1.82, 2.24) is 25.4 Å². The number of pyridine rings is 1. The van der Waals surface area contributed by atoms with Gasteiger partial charge in [0.1, 0.15) is 18.1 Å². The second-order valence-corrected chi connectivity index (χ2v) is 7.36. The number of rotatable bonds is 7. The van der Waals surface area contributed by atoms with Crippen LogP contribution in [0.4, 0.5) is 0 Å². The van der Waals surface area contributed by atoms with Crippen LogP contribution in [0.25, 0.3) is 5.69 Å². The molecule has 2 aromatic carbocycles.